The maximum atomic E-state index is 9.59. The van der Waals surface area contributed by atoms with E-state index < -0.39 is 6.10 Å². The van der Waals surface area contributed by atoms with Crippen LogP contribution in [0.1, 0.15) is 31.4 Å². The molecule has 1 saturated carbocycles. The lowest BCUT2D eigenvalue weighted by Gasteiger charge is -2.23. The second-order valence-corrected chi connectivity index (χ2v) is 4.54. The van der Waals surface area contributed by atoms with E-state index in [1.165, 1.54) is 12.8 Å². The number of pyridine rings is 1. The molecule has 1 heterocycles. The third-order valence-corrected chi connectivity index (χ3v) is 3.07. The third kappa shape index (κ3) is 3.17. The predicted molar refractivity (Wildman–Crippen MR) is 67.1 cm³/mol. The van der Waals surface area contributed by atoms with Crippen LogP contribution in [-0.4, -0.2) is 36.4 Å². The van der Waals surface area contributed by atoms with Gasteiger partial charge in [0.1, 0.15) is 5.82 Å². The lowest BCUT2D eigenvalue weighted by atomic mass is 10.1. The van der Waals surface area contributed by atoms with Crippen LogP contribution in [0.5, 0.6) is 0 Å². The quantitative estimate of drug-likeness (QED) is 0.817. The highest BCUT2D eigenvalue weighted by Gasteiger charge is 2.29. The predicted octanol–water partition coefficient (Wildman–Crippen LogP) is 1.75. The van der Waals surface area contributed by atoms with Gasteiger partial charge in [-0.05, 0) is 37.5 Å². The molecule has 1 atom stereocenters. The monoisotopic (exact) mass is 236 g/mol. The molecule has 1 fully saturated rings. The molecule has 0 unspecified atom stereocenters. The molecule has 17 heavy (non-hydrogen) atoms. The molecule has 0 radical (unpaired) electrons. The van der Waals surface area contributed by atoms with Crippen molar-refractivity contribution >= 4 is 5.82 Å². The summed E-state index contributed by atoms with van der Waals surface area (Å²) in [6, 6.07) is 4.43. The number of methoxy groups -OCH3 is 1. The van der Waals surface area contributed by atoms with Crippen LogP contribution in [-0.2, 0) is 4.74 Å². The van der Waals surface area contributed by atoms with Gasteiger partial charge >= 0.3 is 0 Å². The highest BCUT2D eigenvalue weighted by molar-refractivity contribution is 5.44. The molecule has 1 aliphatic rings. The van der Waals surface area contributed by atoms with E-state index in [4.69, 9.17) is 4.74 Å². The van der Waals surface area contributed by atoms with Gasteiger partial charge < -0.3 is 14.7 Å². The number of aromatic nitrogens is 1. The number of aliphatic hydroxyl groups excluding tert-OH is 1. The molecule has 2 rings (SSSR count). The van der Waals surface area contributed by atoms with Crippen LogP contribution >= 0.6 is 0 Å². The molecule has 0 saturated heterocycles. The van der Waals surface area contributed by atoms with Crippen LogP contribution in [0, 0.1) is 0 Å². The summed E-state index contributed by atoms with van der Waals surface area (Å²) < 4.78 is 5.13. The zero-order valence-corrected chi connectivity index (χ0v) is 10.5. The second-order valence-electron chi connectivity index (χ2n) is 4.54. The van der Waals surface area contributed by atoms with Gasteiger partial charge in [-0.1, -0.05) is 0 Å². The molecule has 0 aromatic carbocycles. The van der Waals surface area contributed by atoms with Crippen molar-refractivity contribution in [2.45, 2.75) is 31.9 Å². The lowest BCUT2D eigenvalue weighted by Crippen LogP contribution is -2.30. The fourth-order valence-electron chi connectivity index (χ4n) is 1.91. The first-order valence-corrected chi connectivity index (χ1v) is 6.12. The average molecular weight is 236 g/mol. The summed E-state index contributed by atoms with van der Waals surface area (Å²) in [6.07, 6.45) is 3.77. The molecule has 0 amide bonds. The summed E-state index contributed by atoms with van der Waals surface area (Å²) in [5, 5.41) is 9.59. The first-order valence-electron chi connectivity index (χ1n) is 6.12. The highest BCUT2D eigenvalue weighted by atomic mass is 16.5. The molecule has 1 aliphatic carbocycles. The van der Waals surface area contributed by atoms with Crippen molar-refractivity contribution < 1.29 is 9.84 Å². The Labute approximate surface area is 102 Å². The summed E-state index contributed by atoms with van der Waals surface area (Å²) >= 11 is 0. The number of aliphatic hydroxyl groups is 1. The Bertz CT molecular complexity index is 364. The van der Waals surface area contributed by atoms with Crippen molar-refractivity contribution in [1.29, 1.82) is 0 Å². The summed E-state index contributed by atoms with van der Waals surface area (Å²) in [6.45, 7) is 3.34. The zero-order chi connectivity index (χ0) is 12.3. The number of anilines is 1. The topological polar surface area (TPSA) is 45.6 Å². The van der Waals surface area contributed by atoms with Crippen molar-refractivity contribution in [3.8, 4) is 0 Å². The number of hydrogen-bond donors (Lipinski definition) is 1. The highest BCUT2D eigenvalue weighted by Crippen LogP contribution is 2.31. The maximum Gasteiger partial charge on any atom is 0.129 e. The number of ether oxygens (including phenoxy) is 1. The molecule has 0 bridgehead atoms. The van der Waals surface area contributed by atoms with Crippen LogP contribution in [0.25, 0.3) is 0 Å². The summed E-state index contributed by atoms with van der Waals surface area (Å²) in [4.78, 5) is 6.67. The van der Waals surface area contributed by atoms with E-state index in [9.17, 15) is 5.11 Å². The maximum absolute atomic E-state index is 9.59. The van der Waals surface area contributed by atoms with Crippen LogP contribution in [0.2, 0.25) is 0 Å². The molecular weight excluding hydrogens is 216 g/mol. The minimum Gasteiger partial charge on any atom is -0.389 e. The Morgan fingerprint density at radius 2 is 2.35 bits per heavy atom. The van der Waals surface area contributed by atoms with Gasteiger partial charge in [0.05, 0.1) is 12.7 Å². The van der Waals surface area contributed by atoms with E-state index in [-0.39, 0.29) is 0 Å². The average Bonchev–Trinajstić information content (AvgIpc) is 3.14. The van der Waals surface area contributed by atoms with Gasteiger partial charge in [-0.3, -0.25) is 0 Å². The molecule has 94 valence electrons. The van der Waals surface area contributed by atoms with Gasteiger partial charge in [0.2, 0.25) is 0 Å². The third-order valence-electron chi connectivity index (χ3n) is 3.07. The van der Waals surface area contributed by atoms with Gasteiger partial charge in [-0.25, -0.2) is 4.98 Å². The summed E-state index contributed by atoms with van der Waals surface area (Å²) in [7, 11) is 1.71. The molecule has 1 N–H and O–H groups in total. The largest absolute Gasteiger partial charge is 0.389 e. The van der Waals surface area contributed by atoms with E-state index in [2.05, 4.69) is 9.88 Å². The first kappa shape index (κ1) is 12.3. The minimum atomic E-state index is -0.444. The summed E-state index contributed by atoms with van der Waals surface area (Å²) in [5.41, 5.74) is 0.915. The van der Waals surface area contributed by atoms with Crippen molar-refractivity contribution in [3.05, 3.63) is 23.9 Å². The van der Waals surface area contributed by atoms with Crippen LogP contribution in [0.3, 0.4) is 0 Å². The van der Waals surface area contributed by atoms with Crippen LogP contribution in [0.4, 0.5) is 5.82 Å². The number of rotatable bonds is 6. The number of nitrogens with zero attached hydrogens (tertiary/aromatic N) is 2. The number of hydrogen-bond acceptors (Lipinski definition) is 4. The van der Waals surface area contributed by atoms with Gasteiger partial charge in [-0.15, -0.1) is 0 Å². The van der Waals surface area contributed by atoms with E-state index in [1.54, 1.807) is 20.2 Å². The Morgan fingerprint density at radius 3 is 2.94 bits per heavy atom. The van der Waals surface area contributed by atoms with E-state index in [0.29, 0.717) is 12.6 Å². The standard InChI is InChI=1S/C13H20N2O2/c1-10(16)11-5-6-14-13(9-11)15(7-8-17-2)12-3-4-12/h5-6,9-10,12,16H,3-4,7-8H2,1-2H3/t10-/m0/s1. The fourth-order valence-corrected chi connectivity index (χ4v) is 1.91. The molecule has 1 aromatic heterocycles. The molecule has 0 spiro atoms. The van der Waals surface area contributed by atoms with Crippen molar-refractivity contribution in [3.63, 3.8) is 0 Å². The van der Waals surface area contributed by atoms with E-state index >= 15 is 0 Å². The Hall–Kier alpha value is -1.13. The second kappa shape index (κ2) is 5.47. The smallest absolute Gasteiger partial charge is 0.129 e. The Balaban J connectivity index is 2.14. The van der Waals surface area contributed by atoms with Crippen LogP contribution in [0.15, 0.2) is 18.3 Å². The van der Waals surface area contributed by atoms with Gasteiger partial charge in [0.25, 0.3) is 0 Å². The molecular formula is C13H20N2O2. The molecule has 0 aliphatic heterocycles. The van der Waals surface area contributed by atoms with Gasteiger partial charge in [0.15, 0.2) is 0 Å². The van der Waals surface area contributed by atoms with Crippen LogP contribution < -0.4 is 4.90 Å². The van der Waals surface area contributed by atoms with E-state index in [1.807, 2.05) is 12.1 Å². The Morgan fingerprint density at radius 1 is 1.59 bits per heavy atom. The van der Waals surface area contributed by atoms with E-state index in [0.717, 1.165) is 17.9 Å². The summed E-state index contributed by atoms with van der Waals surface area (Å²) in [5.74, 6) is 0.947. The minimum absolute atomic E-state index is 0.444. The van der Waals surface area contributed by atoms with Gasteiger partial charge in [0, 0.05) is 25.9 Å². The molecule has 4 heteroatoms. The molecule has 4 nitrogen and oxygen atoms in total. The van der Waals surface area contributed by atoms with Crippen molar-refractivity contribution in [1.82, 2.24) is 4.98 Å². The lowest BCUT2D eigenvalue weighted by molar-refractivity contribution is 0.199. The first-order chi connectivity index (χ1) is 8.22. The van der Waals surface area contributed by atoms with Gasteiger partial charge in [-0.2, -0.15) is 0 Å². The Kier molecular flexibility index (Phi) is 3.97. The fraction of sp³-hybridized carbons (Fsp3) is 0.615. The normalized spacial score (nSPS) is 16.9. The zero-order valence-electron chi connectivity index (χ0n) is 10.5. The van der Waals surface area contributed by atoms with Crippen molar-refractivity contribution in [2.75, 3.05) is 25.2 Å². The molecule has 1 aromatic rings. The van der Waals surface area contributed by atoms with Crippen molar-refractivity contribution in [2.24, 2.45) is 0 Å². The SMILES string of the molecule is COCCN(c1cc([C@H](C)O)ccn1)C1CC1.